The van der Waals surface area contributed by atoms with Gasteiger partial charge in [0, 0.05) is 18.3 Å². The molecular weight excluding hydrogens is 190 g/mol. The van der Waals surface area contributed by atoms with Crippen LogP contribution in [0.15, 0.2) is 32.2 Å². The van der Waals surface area contributed by atoms with E-state index in [0.717, 1.165) is 0 Å². The molecule has 5 heteroatoms. The molecule has 0 rings (SSSR count). The van der Waals surface area contributed by atoms with E-state index in [9.17, 15) is 0 Å². The summed E-state index contributed by atoms with van der Waals surface area (Å²) >= 11 is 0. The van der Waals surface area contributed by atoms with Crippen molar-refractivity contribution in [2.24, 2.45) is 31.6 Å². The third-order valence-electron chi connectivity index (χ3n) is 1.42. The molecule has 0 heterocycles. The summed E-state index contributed by atoms with van der Waals surface area (Å²) in [6.07, 6.45) is 6.09. The summed E-state index contributed by atoms with van der Waals surface area (Å²) < 4.78 is 0. The predicted molar refractivity (Wildman–Crippen MR) is 67.0 cm³/mol. The number of hydrogen-bond donors (Lipinski definition) is 1. The Labute approximate surface area is 90.3 Å². The molecule has 0 unspecified atom stereocenters. The molecule has 0 aromatic rings. The molecule has 0 amide bonds. The minimum Gasteiger partial charge on any atom is -0.390 e. The summed E-state index contributed by atoms with van der Waals surface area (Å²) in [4.78, 5) is 15.7. The van der Waals surface area contributed by atoms with Crippen molar-refractivity contribution >= 4 is 25.1 Å². The van der Waals surface area contributed by atoms with Crippen LogP contribution in [-0.2, 0) is 0 Å². The zero-order valence-corrected chi connectivity index (χ0v) is 9.17. The zero-order valence-electron chi connectivity index (χ0n) is 9.17. The van der Waals surface area contributed by atoms with Gasteiger partial charge in [0.2, 0.25) is 0 Å². The molecule has 5 nitrogen and oxygen atoms in total. The molecular formula is C10H17N5. The number of nitrogens with two attached hydrogens (primary N) is 1. The Morgan fingerprint density at radius 1 is 1.47 bits per heavy atom. The molecule has 2 N–H and O–H groups in total. The predicted octanol–water partition coefficient (Wildman–Crippen LogP) is 1.27. The molecule has 15 heavy (non-hydrogen) atoms. The maximum absolute atomic E-state index is 5.20. The van der Waals surface area contributed by atoms with Crippen LogP contribution in [-0.4, -0.2) is 31.8 Å². The highest BCUT2D eigenvalue weighted by Gasteiger charge is 2.00. The van der Waals surface area contributed by atoms with Crippen molar-refractivity contribution in [3.63, 3.8) is 0 Å². The second-order valence-electron chi connectivity index (χ2n) is 2.95. The molecule has 82 valence electrons. The highest BCUT2D eigenvalue weighted by molar-refractivity contribution is 5.90. The first-order valence-corrected chi connectivity index (χ1v) is 4.61. The first-order chi connectivity index (χ1) is 7.22. The van der Waals surface area contributed by atoms with Crippen LogP contribution in [0.1, 0.15) is 13.8 Å². The highest BCUT2D eigenvalue weighted by Crippen LogP contribution is 1.98. The monoisotopic (exact) mass is 207 g/mol. The maximum atomic E-state index is 5.20. The summed E-state index contributed by atoms with van der Waals surface area (Å²) in [5.41, 5.74) is 5.20. The molecule has 0 aliphatic heterocycles. The average molecular weight is 207 g/mol. The van der Waals surface area contributed by atoms with E-state index in [-0.39, 0.29) is 5.92 Å². The highest BCUT2D eigenvalue weighted by atomic mass is 15.0. The summed E-state index contributed by atoms with van der Waals surface area (Å²) in [5.74, 6) is 0.936. The van der Waals surface area contributed by atoms with Crippen LogP contribution in [0.4, 0.5) is 0 Å². The maximum Gasteiger partial charge on any atom is 0.131 e. The van der Waals surface area contributed by atoms with E-state index in [4.69, 9.17) is 5.73 Å². The lowest BCUT2D eigenvalue weighted by molar-refractivity contribution is 0.858. The Bertz CT molecular complexity index is 286. The molecule has 0 spiro atoms. The second-order valence-corrected chi connectivity index (χ2v) is 2.95. The number of allylic oxidation sites excluding steroid dienone is 1. The van der Waals surface area contributed by atoms with Crippen molar-refractivity contribution in [3.05, 3.63) is 12.3 Å². The quantitative estimate of drug-likeness (QED) is 0.535. The van der Waals surface area contributed by atoms with Gasteiger partial charge in [0.05, 0.1) is 6.34 Å². The zero-order chi connectivity index (χ0) is 11.5. The van der Waals surface area contributed by atoms with Gasteiger partial charge in [0.1, 0.15) is 12.5 Å². The lowest BCUT2D eigenvalue weighted by Crippen LogP contribution is -2.07. The summed E-state index contributed by atoms with van der Waals surface area (Å²) in [6, 6.07) is 0. The fourth-order valence-electron chi connectivity index (χ4n) is 0.769. The van der Waals surface area contributed by atoms with Gasteiger partial charge in [-0.1, -0.05) is 13.8 Å². The fraction of sp³-hybridized carbons (Fsp3) is 0.400. The first-order valence-electron chi connectivity index (χ1n) is 4.61. The van der Waals surface area contributed by atoms with Crippen LogP contribution < -0.4 is 5.73 Å². The van der Waals surface area contributed by atoms with Crippen molar-refractivity contribution < 1.29 is 0 Å². The molecule has 0 saturated heterocycles. The van der Waals surface area contributed by atoms with Gasteiger partial charge in [-0.25, -0.2) is 9.98 Å². The van der Waals surface area contributed by atoms with Gasteiger partial charge in [0.25, 0.3) is 0 Å². The molecule has 0 fully saturated rings. The molecule has 0 bridgehead atoms. The number of rotatable bonds is 5. The summed E-state index contributed by atoms with van der Waals surface area (Å²) in [5, 5.41) is 0. The van der Waals surface area contributed by atoms with Gasteiger partial charge in [-0.05, 0) is 12.8 Å². The number of aliphatic imine (C=N–C) groups is 4. The molecule has 0 saturated carbocycles. The Kier molecular flexibility index (Phi) is 7.76. The second kappa shape index (κ2) is 8.80. The van der Waals surface area contributed by atoms with Gasteiger partial charge in [-0.2, -0.15) is 0 Å². The number of nitrogens with zero attached hydrogens (tertiary/aromatic N) is 4. The van der Waals surface area contributed by atoms with E-state index >= 15 is 0 Å². The van der Waals surface area contributed by atoms with Crippen molar-refractivity contribution in [3.8, 4) is 0 Å². The summed E-state index contributed by atoms with van der Waals surface area (Å²) in [7, 11) is 0. The normalized spacial score (nSPS) is 13.7. The molecule has 0 aliphatic rings. The van der Waals surface area contributed by atoms with E-state index in [1.165, 1.54) is 6.34 Å². The van der Waals surface area contributed by atoms with Crippen LogP contribution in [0.3, 0.4) is 0 Å². The SMILES string of the molecule is C=N/C=C\C=NCN=C(N=CN)C(C)C. The van der Waals surface area contributed by atoms with Crippen LogP contribution in [0.25, 0.3) is 0 Å². The van der Waals surface area contributed by atoms with E-state index in [1.807, 2.05) is 13.8 Å². The van der Waals surface area contributed by atoms with Gasteiger partial charge in [-0.3, -0.25) is 9.98 Å². The fourth-order valence-corrected chi connectivity index (χ4v) is 0.769. The first kappa shape index (κ1) is 13.2. The Hall–Kier alpha value is -1.78. The van der Waals surface area contributed by atoms with Crippen molar-refractivity contribution in [2.45, 2.75) is 13.8 Å². The van der Waals surface area contributed by atoms with Crippen molar-refractivity contribution in [1.29, 1.82) is 0 Å². The lowest BCUT2D eigenvalue weighted by atomic mass is 10.2. The van der Waals surface area contributed by atoms with Gasteiger partial charge >= 0.3 is 0 Å². The van der Waals surface area contributed by atoms with Crippen LogP contribution >= 0.6 is 0 Å². The standard InChI is InChI=1S/C10H17N5/c1-9(2)10(14-7-11)15-8-13-6-4-5-12-3/h4-7,9H,3,8H2,1-2H3,(H2,11,14,15)/b5-4-,13-6?. The minimum absolute atomic E-state index is 0.241. The summed E-state index contributed by atoms with van der Waals surface area (Å²) in [6.45, 7) is 7.63. The largest absolute Gasteiger partial charge is 0.390 e. The van der Waals surface area contributed by atoms with Crippen molar-refractivity contribution in [1.82, 2.24) is 0 Å². The Balaban J connectivity index is 4.16. The van der Waals surface area contributed by atoms with E-state index in [2.05, 4.69) is 26.7 Å². The van der Waals surface area contributed by atoms with Crippen LogP contribution in [0, 0.1) is 5.92 Å². The van der Waals surface area contributed by atoms with Crippen molar-refractivity contribution in [2.75, 3.05) is 6.67 Å². The van der Waals surface area contributed by atoms with Gasteiger partial charge in [-0.15, -0.1) is 0 Å². The number of hydrogen-bond acceptors (Lipinski definition) is 3. The third kappa shape index (κ3) is 7.30. The minimum atomic E-state index is 0.241. The third-order valence-corrected chi connectivity index (χ3v) is 1.42. The van der Waals surface area contributed by atoms with Gasteiger partial charge in [0.15, 0.2) is 0 Å². The molecule has 0 atom stereocenters. The molecule has 0 aromatic carbocycles. The lowest BCUT2D eigenvalue weighted by Gasteiger charge is -2.01. The van der Waals surface area contributed by atoms with E-state index in [0.29, 0.717) is 12.5 Å². The Morgan fingerprint density at radius 3 is 2.73 bits per heavy atom. The topological polar surface area (TPSA) is 75.5 Å². The molecule has 0 aliphatic carbocycles. The Morgan fingerprint density at radius 2 is 2.20 bits per heavy atom. The molecule has 0 radical (unpaired) electrons. The number of amidine groups is 1. The average Bonchev–Trinajstić information content (AvgIpc) is 2.21. The van der Waals surface area contributed by atoms with E-state index in [1.54, 1.807) is 18.5 Å². The van der Waals surface area contributed by atoms with Crippen LogP contribution in [0.5, 0.6) is 0 Å². The van der Waals surface area contributed by atoms with E-state index < -0.39 is 0 Å². The van der Waals surface area contributed by atoms with Gasteiger partial charge < -0.3 is 5.73 Å². The smallest absolute Gasteiger partial charge is 0.131 e. The van der Waals surface area contributed by atoms with Crippen LogP contribution in [0.2, 0.25) is 0 Å². The molecule has 0 aromatic heterocycles.